The van der Waals surface area contributed by atoms with E-state index in [9.17, 15) is 4.79 Å². The molecule has 6 rings (SSSR count). The zero-order valence-corrected chi connectivity index (χ0v) is 28.8. The highest BCUT2D eigenvalue weighted by molar-refractivity contribution is 5.67. The van der Waals surface area contributed by atoms with Crippen molar-refractivity contribution in [1.29, 1.82) is 0 Å². The summed E-state index contributed by atoms with van der Waals surface area (Å²) in [5, 5.41) is 0. The van der Waals surface area contributed by atoms with Gasteiger partial charge in [0.05, 0.1) is 17.1 Å². The summed E-state index contributed by atoms with van der Waals surface area (Å²) in [6.45, 7) is 10.6. The molecule has 0 aromatic carbocycles. The molecule has 0 amide bonds. The maximum atomic E-state index is 13.3. The van der Waals surface area contributed by atoms with Crippen LogP contribution >= 0.6 is 0 Å². The quantitative estimate of drug-likeness (QED) is 0.125. The molecule has 250 valence electrons. The van der Waals surface area contributed by atoms with Crippen molar-refractivity contribution in [2.45, 2.75) is 186 Å². The lowest BCUT2D eigenvalue weighted by Gasteiger charge is -2.60. The minimum Gasteiger partial charge on any atom is -0.350 e. The molecule has 0 radical (unpaired) electrons. The number of hydrogen-bond donors (Lipinski definition) is 0. The number of fused-ring (bicyclic) bond motifs is 5. The summed E-state index contributed by atoms with van der Waals surface area (Å²) >= 11 is 0. The second-order valence-electron chi connectivity index (χ2n) is 16.0. The molecule has 6 aliphatic rings. The second-order valence-corrected chi connectivity index (χ2v) is 16.0. The highest BCUT2D eigenvalue weighted by Gasteiger charge is 2.66. The van der Waals surface area contributed by atoms with Gasteiger partial charge < -0.3 is 23.7 Å². The summed E-state index contributed by atoms with van der Waals surface area (Å²) in [5.74, 6) is 0.839. The van der Waals surface area contributed by atoms with Crippen LogP contribution < -0.4 is 0 Å². The van der Waals surface area contributed by atoms with Gasteiger partial charge in [0.15, 0.2) is 11.6 Å². The van der Waals surface area contributed by atoms with E-state index in [0.29, 0.717) is 24.4 Å². The van der Waals surface area contributed by atoms with Crippen molar-refractivity contribution in [2.24, 2.45) is 28.6 Å². The largest absolute Gasteiger partial charge is 0.350 e. The molecular weight excluding hydrogens is 548 g/mol. The Morgan fingerprint density at radius 1 is 0.773 bits per heavy atom. The second kappa shape index (κ2) is 13.4. The van der Waals surface area contributed by atoms with Crippen LogP contribution in [0.25, 0.3) is 0 Å². The molecule has 5 saturated carbocycles. The van der Waals surface area contributed by atoms with E-state index < -0.39 is 11.6 Å². The molecule has 0 saturated heterocycles. The van der Waals surface area contributed by atoms with Gasteiger partial charge in [-0.1, -0.05) is 51.2 Å². The Hall–Kier alpha value is -0.750. The highest BCUT2D eigenvalue weighted by Crippen LogP contribution is 2.69. The van der Waals surface area contributed by atoms with Crippen LogP contribution in [0.2, 0.25) is 0 Å². The van der Waals surface area contributed by atoms with Gasteiger partial charge >= 0.3 is 0 Å². The smallest absolute Gasteiger partial charge is 0.169 e. The molecule has 5 heteroatoms. The number of aldehydes is 1. The number of ether oxygens (including phenoxy) is 4. The Balaban J connectivity index is 1.24. The SMILES string of the molecule is CCCC[C@]1(OC2(OCC)CCCCC2)CC[C@H]2[C@@H]3CCC4=C[C@@H](OC5(OCC)CCCCC5)CC[C@]4(C=O)[C@H]3CC[C@@]21C. The van der Waals surface area contributed by atoms with E-state index >= 15 is 0 Å². The predicted molar refractivity (Wildman–Crippen MR) is 175 cm³/mol. The van der Waals surface area contributed by atoms with Crippen LogP contribution in [0.5, 0.6) is 0 Å². The van der Waals surface area contributed by atoms with Crippen LogP contribution in [0.15, 0.2) is 11.6 Å². The molecule has 0 N–H and O–H groups in total. The molecule has 0 unspecified atom stereocenters. The molecule has 0 aliphatic heterocycles. The van der Waals surface area contributed by atoms with Crippen molar-refractivity contribution in [3.63, 3.8) is 0 Å². The van der Waals surface area contributed by atoms with Crippen molar-refractivity contribution in [3.05, 3.63) is 11.6 Å². The molecule has 0 heterocycles. The van der Waals surface area contributed by atoms with E-state index in [-0.39, 0.29) is 22.5 Å². The average molecular weight is 613 g/mol. The normalized spacial score (nSPS) is 41.2. The molecule has 0 aromatic heterocycles. The fourth-order valence-electron chi connectivity index (χ4n) is 11.8. The summed E-state index contributed by atoms with van der Waals surface area (Å²) in [4.78, 5) is 13.3. The van der Waals surface area contributed by atoms with Gasteiger partial charge in [-0.3, -0.25) is 0 Å². The summed E-state index contributed by atoms with van der Waals surface area (Å²) in [6, 6.07) is 0. The molecule has 6 aliphatic carbocycles. The summed E-state index contributed by atoms with van der Waals surface area (Å²) in [7, 11) is 0. The van der Waals surface area contributed by atoms with Crippen molar-refractivity contribution >= 4 is 6.29 Å². The summed E-state index contributed by atoms with van der Waals surface area (Å²) < 4.78 is 27.3. The molecular formula is C39H64O5. The first-order valence-corrected chi connectivity index (χ1v) is 19.2. The molecule has 5 fully saturated rings. The minimum atomic E-state index is -0.428. The van der Waals surface area contributed by atoms with E-state index in [1.165, 1.54) is 82.5 Å². The lowest BCUT2D eigenvalue weighted by molar-refractivity contribution is -0.327. The van der Waals surface area contributed by atoms with Gasteiger partial charge in [-0.05, 0) is 120 Å². The number of hydrogen-bond acceptors (Lipinski definition) is 5. The van der Waals surface area contributed by atoms with Gasteiger partial charge in [0, 0.05) is 38.9 Å². The van der Waals surface area contributed by atoms with Crippen LogP contribution in [0, 0.1) is 28.6 Å². The van der Waals surface area contributed by atoms with Gasteiger partial charge in [-0.2, -0.15) is 0 Å². The van der Waals surface area contributed by atoms with Crippen molar-refractivity contribution in [1.82, 2.24) is 0 Å². The van der Waals surface area contributed by atoms with Gasteiger partial charge in [0.1, 0.15) is 6.29 Å². The molecule has 0 bridgehead atoms. The van der Waals surface area contributed by atoms with Crippen molar-refractivity contribution < 1.29 is 23.7 Å². The molecule has 0 spiro atoms. The van der Waals surface area contributed by atoms with Crippen LogP contribution in [-0.4, -0.2) is 42.8 Å². The highest BCUT2D eigenvalue weighted by atomic mass is 16.7. The lowest BCUT2D eigenvalue weighted by atomic mass is 9.46. The standard InChI is InChI=1S/C39H64O5/c1-5-8-20-37(44-39(42-7-3)23-13-10-14-24-39)27-19-33-32-16-15-30-28-31(43-38(41-6-2)21-11-9-12-22-38)17-26-36(30,29-40)34(32)18-25-35(33,37)4/h28-29,31-34H,5-27H2,1-4H3/t31-,32-,33-,34-,35-,36+,37-/m0/s1. The van der Waals surface area contributed by atoms with E-state index in [0.717, 1.165) is 70.8 Å². The fraction of sp³-hybridized carbons (Fsp3) is 0.923. The Morgan fingerprint density at radius 2 is 1.43 bits per heavy atom. The molecule has 44 heavy (non-hydrogen) atoms. The Morgan fingerprint density at radius 3 is 2.09 bits per heavy atom. The molecule has 5 nitrogen and oxygen atoms in total. The van der Waals surface area contributed by atoms with Gasteiger partial charge in [0.2, 0.25) is 0 Å². The average Bonchev–Trinajstić information content (AvgIpc) is 3.32. The number of rotatable bonds is 12. The van der Waals surface area contributed by atoms with Crippen LogP contribution in [-0.2, 0) is 23.7 Å². The monoisotopic (exact) mass is 612 g/mol. The zero-order chi connectivity index (χ0) is 30.9. The topological polar surface area (TPSA) is 54.0 Å². The van der Waals surface area contributed by atoms with E-state index in [2.05, 4.69) is 33.8 Å². The van der Waals surface area contributed by atoms with E-state index in [1.807, 2.05) is 0 Å². The number of carbonyl (C=O) groups is 1. The van der Waals surface area contributed by atoms with E-state index in [1.54, 1.807) is 0 Å². The number of allylic oxidation sites excluding steroid dienone is 1. The summed E-state index contributed by atoms with van der Waals surface area (Å²) in [5.41, 5.74) is 1.11. The molecule has 7 atom stereocenters. The third-order valence-corrected chi connectivity index (χ3v) is 13.9. The van der Waals surface area contributed by atoms with Crippen LogP contribution in [0.3, 0.4) is 0 Å². The predicted octanol–water partition coefficient (Wildman–Crippen LogP) is 9.85. The van der Waals surface area contributed by atoms with Crippen LogP contribution in [0.4, 0.5) is 0 Å². The van der Waals surface area contributed by atoms with Gasteiger partial charge in [-0.25, -0.2) is 0 Å². The van der Waals surface area contributed by atoms with Gasteiger partial charge in [0.25, 0.3) is 0 Å². The first-order valence-electron chi connectivity index (χ1n) is 19.2. The third kappa shape index (κ3) is 5.70. The zero-order valence-electron chi connectivity index (χ0n) is 28.8. The Kier molecular flexibility index (Phi) is 10.1. The number of carbonyl (C=O) groups excluding carboxylic acids is 1. The maximum absolute atomic E-state index is 13.3. The minimum absolute atomic E-state index is 0.0694. The van der Waals surface area contributed by atoms with Crippen molar-refractivity contribution in [2.75, 3.05) is 13.2 Å². The Bertz CT molecular complexity index is 999. The molecule has 0 aromatic rings. The first kappa shape index (κ1) is 33.2. The first-order chi connectivity index (χ1) is 21.3. The number of unbranched alkanes of at least 4 members (excludes halogenated alkanes) is 1. The third-order valence-electron chi connectivity index (χ3n) is 13.9. The van der Waals surface area contributed by atoms with E-state index in [4.69, 9.17) is 18.9 Å². The fourth-order valence-corrected chi connectivity index (χ4v) is 11.8. The summed E-state index contributed by atoms with van der Waals surface area (Å²) in [6.07, 6.45) is 27.7. The maximum Gasteiger partial charge on any atom is 0.169 e. The van der Waals surface area contributed by atoms with Gasteiger partial charge in [-0.15, -0.1) is 0 Å². The van der Waals surface area contributed by atoms with Crippen LogP contribution in [0.1, 0.15) is 163 Å². The van der Waals surface area contributed by atoms with Crippen molar-refractivity contribution in [3.8, 4) is 0 Å². The Labute approximate surface area is 268 Å². The lowest BCUT2D eigenvalue weighted by Crippen LogP contribution is -2.59.